The third kappa shape index (κ3) is 34.8. The summed E-state index contributed by atoms with van der Waals surface area (Å²) in [7, 11) is 0. The number of pyridine rings is 3. The zero-order chi connectivity index (χ0) is 96.4. The Labute approximate surface area is 897 Å². The SMILES string of the molecule is CC(C)(C)c1c[c-]c(-c2nc3ccccc3s2)cc1.CC(C)(C)c1c[c-]c(-c2nc3ccccc3s2)cc1.CC(O)=CC(C)O.CC(O)=CC(C)O.CC(O)=CC(C)O.CCC1(CC)c2ccccc2-c2c[c-]c(-c3ccccn3)cc21.[CH2-]c1ccsc1-c1ccccn1.[Ir].[Ir].[Ir].[Ir].[c-]1ccccc1-c1nc2ccccc2s1.[c-]1ccccc1-c1nc2ccccc2s1.[c-]1ccsc1-c1ccccn1. The van der Waals surface area contributed by atoms with Gasteiger partial charge in [0.05, 0.1) is 57.7 Å². The van der Waals surface area contributed by atoms with Crippen LogP contribution in [0.2, 0.25) is 0 Å². The second-order valence-electron chi connectivity index (χ2n) is 33.5. The van der Waals surface area contributed by atoms with Gasteiger partial charge in [0.1, 0.15) is 0 Å². The van der Waals surface area contributed by atoms with Crippen LogP contribution in [0.5, 0.6) is 0 Å². The Kier molecular flexibility index (Phi) is 47.8. The van der Waals surface area contributed by atoms with Gasteiger partial charge in [-0.1, -0.05) is 185 Å². The molecule has 0 aliphatic heterocycles. The Balaban J connectivity index is 0.000000214. The monoisotopic (exact) mass is 2660 g/mol. The topological polar surface area (TPSA) is 212 Å². The van der Waals surface area contributed by atoms with Crippen LogP contribution in [0.3, 0.4) is 0 Å². The molecule has 4 radical (unpaired) electrons. The Morgan fingerprint density at radius 1 is 0.367 bits per heavy atom. The van der Waals surface area contributed by atoms with Gasteiger partial charge in [0.15, 0.2) is 0 Å². The summed E-state index contributed by atoms with van der Waals surface area (Å²) in [6.45, 7) is 31.1. The molecule has 726 valence electrons. The Hall–Kier alpha value is -10.4. The number of aliphatic hydroxyl groups excluding tert-OH is 6. The average molecular weight is 2660 g/mol. The minimum absolute atomic E-state index is 0. The number of nitrogens with zero attached hydrogens (tertiary/aromatic N) is 7. The molecule has 0 saturated carbocycles. The van der Waals surface area contributed by atoms with Crippen LogP contribution in [0, 0.1) is 43.3 Å². The molecule has 0 amide bonds. The summed E-state index contributed by atoms with van der Waals surface area (Å²) in [5.41, 5.74) is 22.4. The summed E-state index contributed by atoms with van der Waals surface area (Å²) in [4.78, 5) is 33.7. The van der Waals surface area contributed by atoms with E-state index in [1.165, 1.54) is 91.2 Å². The van der Waals surface area contributed by atoms with Crippen LogP contribution >= 0.6 is 68.0 Å². The molecule has 6 N–H and O–H groups in total. The molecule has 3 atom stereocenters. The molecule has 10 aromatic carbocycles. The Morgan fingerprint density at radius 2 is 0.727 bits per heavy atom. The normalized spacial score (nSPS) is 12.1. The number of thiophene rings is 2. The minimum Gasteiger partial charge on any atom is -0.513 e. The van der Waals surface area contributed by atoms with Crippen molar-refractivity contribution >= 4 is 109 Å². The second-order valence-corrected chi connectivity index (χ2v) is 39.4. The van der Waals surface area contributed by atoms with E-state index in [1.54, 1.807) is 101 Å². The van der Waals surface area contributed by atoms with Crippen molar-refractivity contribution in [1.82, 2.24) is 34.9 Å². The van der Waals surface area contributed by atoms with Gasteiger partial charge < -0.3 is 40.6 Å². The first-order chi connectivity index (χ1) is 65.0. The maximum absolute atomic E-state index is 8.49. The number of thiazole rings is 4. The number of aliphatic hydroxyl groups is 6. The average Bonchev–Trinajstić information content (AvgIpc) is 1.57. The van der Waals surface area contributed by atoms with Gasteiger partial charge in [-0.05, 0) is 173 Å². The van der Waals surface area contributed by atoms with Gasteiger partial charge in [-0.2, -0.15) is 76.0 Å². The zero-order valence-electron chi connectivity index (χ0n) is 79.7. The first-order valence-corrected chi connectivity index (χ1v) is 49.3. The molecule has 0 spiro atoms. The summed E-state index contributed by atoms with van der Waals surface area (Å²) in [6.07, 6.45) is 10.1. The van der Waals surface area contributed by atoms with E-state index < -0.39 is 18.3 Å². The zero-order valence-corrected chi connectivity index (χ0v) is 94.2. The number of aromatic nitrogens is 7. The van der Waals surface area contributed by atoms with Gasteiger partial charge in [0.2, 0.25) is 0 Å². The molecule has 20 rings (SSSR count). The molecular formula is C116H112Ir4N7O6S6-7. The summed E-state index contributed by atoms with van der Waals surface area (Å²) in [5.74, 6) is 0.486. The number of allylic oxidation sites excluding steroid dienone is 3. The fourth-order valence-corrected chi connectivity index (χ4v) is 19.4. The fraction of sp³-hybridized carbons (Fsp3) is 0.190. The molecule has 9 aromatic heterocycles. The van der Waals surface area contributed by atoms with Crippen LogP contribution in [-0.4, -0.2) is 83.8 Å². The molecular weight excluding hydrogens is 2550 g/mol. The number of hydrogen-bond donors (Lipinski definition) is 6. The van der Waals surface area contributed by atoms with Gasteiger partial charge >= 0.3 is 0 Å². The van der Waals surface area contributed by atoms with Crippen LogP contribution < -0.4 is 0 Å². The van der Waals surface area contributed by atoms with Crippen LogP contribution in [0.25, 0.3) is 127 Å². The van der Waals surface area contributed by atoms with E-state index in [0.29, 0.717) is 0 Å². The number of para-hydroxylation sites is 4. The molecule has 0 bridgehead atoms. The van der Waals surface area contributed by atoms with E-state index in [1.807, 2.05) is 175 Å². The van der Waals surface area contributed by atoms with E-state index in [4.69, 9.17) is 30.6 Å². The molecule has 1 aliphatic carbocycles. The molecule has 139 heavy (non-hydrogen) atoms. The number of hydrogen-bond acceptors (Lipinski definition) is 19. The van der Waals surface area contributed by atoms with Gasteiger partial charge in [-0.25, -0.2) is 22.7 Å². The number of rotatable bonds is 12. The molecule has 3 unspecified atom stereocenters. The van der Waals surface area contributed by atoms with Crippen molar-refractivity contribution in [3.05, 3.63) is 421 Å². The second kappa shape index (κ2) is 57.5. The van der Waals surface area contributed by atoms with Crippen molar-refractivity contribution in [2.45, 2.75) is 144 Å². The fourth-order valence-electron chi connectivity index (χ4n) is 14.1. The molecule has 0 saturated heterocycles. The van der Waals surface area contributed by atoms with Gasteiger partial charge in [-0.15, -0.1) is 177 Å². The molecule has 9 heterocycles. The van der Waals surface area contributed by atoms with Crippen molar-refractivity contribution in [1.29, 1.82) is 0 Å². The van der Waals surface area contributed by atoms with Crippen LogP contribution in [0.15, 0.2) is 350 Å². The standard InChI is InChI=1S/C22H20N.2C17H16NS.2C13H8NS.C10H8NS.C9H6NS.3C5H10O2.4Ir/c1-3-22(4-2)19-10-6-5-9-17(19)18-13-12-16(15-20(18)22)21-11-7-8-14-23-21;2*1-17(2,3)13-10-8-12(9-11-13)16-18-14-6-4-5-7-15(14)19-16;2*1-2-6-10(7-3-1)13-14-11-8-4-5-9-12(11)15-13;1-8-5-7-12-10(8)9-4-2-3-6-11-9;1-2-6-10-8(4-1)9-5-3-7-11-9;3*1-4(6)3-5(2)7;;;;/h5-11,13-15H,3-4H2,1-2H3;2*4-8,10-11H,1-3H3;2*1-6,8-9H;2-7H,1H2;1-4,6-7H;3*3-4,6-7H,1-2H3;;;;/q7*-1;;;;;;;. The molecule has 0 fully saturated rings. The van der Waals surface area contributed by atoms with Crippen molar-refractivity contribution in [3.63, 3.8) is 0 Å². The maximum Gasteiger partial charge on any atom is 0.0877 e. The summed E-state index contributed by atoms with van der Waals surface area (Å²) in [5, 5.41) is 58.9. The van der Waals surface area contributed by atoms with Gasteiger partial charge in [-0.3, -0.25) is 24.9 Å². The summed E-state index contributed by atoms with van der Waals surface area (Å²) >= 11 is 10.2. The maximum atomic E-state index is 8.49. The van der Waals surface area contributed by atoms with E-state index in [2.05, 4.69) is 261 Å². The first-order valence-electron chi connectivity index (χ1n) is 44.3. The summed E-state index contributed by atoms with van der Waals surface area (Å²) < 4.78 is 4.91. The smallest absolute Gasteiger partial charge is 0.0877 e. The third-order valence-electron chi connectivity index (χ3n) is 20.7. The van der Waals surface area contributed by atoms with Crippen LogP contribution in [0.4, 0.5) is 0 Å². The summed E-state index contributed by atoms with van der Waals surface area (Å²) in [6, 6.07) is 116. The van der Waals surface area contributed by atoms with Gasteiger partial charge in [0, 0.05) is 149 Å². The quantitative estimate of drug-likeness (QED) is 0.0497. The van der Waals surface area contributed by atoms with E-state index >= 15 is 0 Å². The molecule has 1 aliphatic rings. The predicted octanol–water partition coefficient (Wildman–Crippen LogP) is 31.4. The van der Waals surface area contributed by atoms with Crippen molar-refractivity contribution < 1.29 is 111 Å². The largest absolute Gasteiger partial charge is 0.513 e. The molecule has 19 aromatic rings. The van der Waals surface area contributed by atoms with Crippen LogP contribution in [-0.2, 0) is 96.7 Å². The van der Waals surface area contributed by atoms with E-state index in [0.717, 1.165) is 115 Å². The predicted molar refractivity (Wildman–Crippen MR) is 571 cm³/mol. The van der Waals surface area contributed by atoms with Crippen molar-refractivity contribution in [2.24, 2.45) is 0 Å². The number of benzene rings is 10. The number of fused-ring (bicyclic) bond motifs is 7. The van der Waals surface area contributed by atoms with E-state index in [9.17, 15) is 0 Å². The Morgan fingerprint density at radius 3 is 1.04 bits per heavy atom. The van der Waals surface area contributed by atoms with E-state index in [-0.39, 0.29) is 114 Å². The van der Waals surface area contributed by atoms with Crippen molar-refractivity contribution in [3.8, 4) is 85.8 Å². The van der Waals surface area contributed by atoms with Crippen LogP contribution in [0.1, 0.15) is 138 Å². The molecule has 13 nitrogen and oxygen atoms in total. The van der Waals surface area contributed by atoms with Crippen molar-refractivity contribution in [2.75, 3.05) is 0 Å². The minimum atomic E-state index is -0.537. The first kappa shape index (κ1) is 116. The Bertz CT molecular complexity index is 6490. The van der Waals surface area contributed by atoms with Gasteiger partial charge in [0.25, 0.3) is 0 Å². The third-order valence-corrected chi connectivity index (χ3v) is 26.8. The molecule has 23 heteroatoms.